The zero-order chi connectivity index (χ0) is 10.6. The van der Waals surface area contributed by atoms with E-state index in [1.165, 1.54) is 6.42 Å². The van der Waals surface area contributed by atoms with E-state index in [2.05, 4.69) is 41.5 Å². The van der Waals surface area contributed by atoms with E-state index in [1.807, 2.05) is 7.05 Å². The zero-order valence-corrected chi connectivity index (χ0v) is 9.46. The maximum absolute atomic E-state index is 4.09. The number of nitrogens with zero attached hydrogens (tertiary/aromatic N) is 2. The number of H-pyrrole nitrogens is 1. The van der Waals surface area contributed by atoms with Gasteiger partial charge in [-0.15, -0.1) is 0 Å². The lowest BCUT2D eigenvalue weighted by Crippen LogP contribution is -2.19. The number of hydrogen-bond donors (Lipinski definition) is 2. The van der Waals surface area contributed by atoms with E-state index in [1.54, 1.807) is 6.20 Å². The van der Waals surface area contributed by atoms with Crippen LogP contribution in [0.1, 0.15) is 45.3 Å². The summed E-state index contributed by atoms with van der Waals surface area (Å²) < 4.78 is 0. The highest BCUT2D eigenvalue weighted by Gasteiger charge is 2.16. The highest BCUT2D eigenvalue weighted by atomic mass is 15.3. The first kappa shape index (κ1) is 11.2. The first-order valence-corrected chi connectivity index (χ1v) is 5.06. The second-order valence-corrected chi connectivity index (χ2v) is 4.84. The van der Waals surface area contributed by atoms with Crippen molar-refractivity contribution < 1.29 is 0 Å². The minimum absolute atomic E-state index is 0.313. The van der Waals surface area contributed by atoms with Crippen molar-refractivity contribution in [2.75, 3.05) is 7.05 Å². The number of nitrogens with one attached hydrogen (secondary N) is 2. The van der Waals surface area contributed by atoms with Crippen molar-refractivity contribution in [3.8, 4) is 0 Å². The minimum atomic E-state index is 0.313. The molecule has 0 aliphatic carbocycles. The molecule has 14 heavy (non-hydrogen) atoms. The van der Waals surface area contributed by atoms with Crippen LogP contribution >= 0.6 is 0 Å². The lowest BCUT2D eigenvalue weighted by molar-refractivity contribution is 0.336. The molecule has 0 amide bonds. The Balaban J connectivity index is 2.49. The highest BCUT2D eigenvalue weighted by Crippen LogP contribution is 2.25. The van der Waals surface area contributed by atoms with Crippen LogP contribution < -0.4 is 5.32 Å². The Bertz CT molecular complexity index is 248. The van der Waals surface area contributed by atoms with E-state index >= 15 is 0 Å². The van der Waals surface area contributed by atoms with Crippen LogP contribution in [0, 0.1) is 5.41 Å². The van der Waals surface area contributed by atoms with Gasteiger partial charge in [0.2, 0.25) is 0 Å². The number of rotatable bonds is 4. The van der Waals surface area contributed by atoms with Crippen LogP contribution in [0.4, 0.5) is 0 Å². The zero-order valence-electron chi connectivity index (χ0n) is 9.46. The summed E-state index contributed by atoms with van der Waals surface area (Å²) >= 11 is 0. The molecule has 2 N–H and O–H groups in total. The molecule has 4 heteroatoms. The quantitative estimate of drug-likeness (QED) is 0.773. The van der Waals surface area contributed by atoms with Gasteiger partial charge < -0.3 is 5.32 Å². The molecule has 1 aromatic rings. The van der Waals surface area contributed by atoms with E-state index in [0.29, 0.717) is 11.5 Å². The molecule has 1 heterocycles. The molecule has 0 saturated heterocycles. The van der Waals surface area contributed by atoms with Crippen LogP contribution in [0.3, 0.4) is 0 Å². The van der Waals surface area contributed by atoms with Crippen LogP contribution in [0.25, 0.3) is 0 Å². The van der Waals surface area contributed by atoms with Gasteiger partial charge in [-0.1, -0.05) is 20.8 Å². The lowest BCUT2D eigenvalue weighted by atomic mass is 9.88. The number of aromatic nitrogens is 3. The molecule has 1 atom stereocenters. The second kappa shape index (κ2) is 4.55. The third-order valence-electron chi connectivity index (χ3n) is 2.32. The predicted molar refractivity (Wildman–Crippen MR) is 56.9 cm³/mol. The van der Waals surface area contributed by atoms with Gasteiger partial charge in [0, 0.05) is 0 Å². The minimum Gasteiger partial charge on any atom is -0.312 e. The van der Waals surface area contributed by atoms with E-state index < -0.39 is 0 Å². The fourth-order valence-corrected chi connectivity index (χ4v) is 1.40. The van der Waals surface area contributed by atoms with E-state index in [9.17, 15) is 0 Å². The summed E-state index contributed by atoms with van der Waals surface area (Å²) in [5, 5.41) is 13.8. The van der Waals surface area contributed by atoms with Crippen molar-refractivity contribution in [2.45, 2.75) is 39.7 Å². The fourth-order valence-electron chi connectivity index (χ4n) is 1.40. The van der Waals surface area contributed by atoms with Crippen molar-refractivity contribution in [3.05, 3.63) is 11.9 Å². The van der Waals surface area contributed by atoms with Crippen molar-refractivity contribution in [1.82, 2.24) is 20.7 Å². The van der Waals surface area contributed by atoms with E-state index in [4.69, 9.17) is 0 Å². The lowest BCUT2D eigenvalue weighted by Gasteiger charge is -2.21. The molecule has 0 spiro atoms. The Hall–Kier alpha value is -0.900. The highest BCUT2D eigenvalue weighted by molar-refractivity contribution is 4.99. The molecule has 0 fully saturated rings. The van der Waals surface area contributed by atoms with Crippen LogP contribution in [-0.2, 0) is 0 Å². The standard InChI is InChI=1S/C10H20N4/c1-10(2,3)6-5-8(11-4)9-7-12-14-13-9/h7-8,11H,5-6H2,1-4H3,(H,12,13,14). The molecule has 1 rings (SSSR count). The summed E-state index contributed by atoms with van der Waals surface area (Å²) in [7, 11) is 1.96. The smallest absolute Gasteiger partial charge is 0.0993 e. The van der Waals surface area contributed by atoms with Gasteiger partial charge in [0.15, 0.2) is 0 Å². The number of aromatic amines is 1. The van der Waals surface area contributed by atoms with Gasteiger partial charge in [-0.25, -0.2) is 0 Å². The monoisotopic (exact) mass is 196 g/mol. The van der Waals surface area contributed by atoms with Crippen LogP contribution in [-0.4, -0.2) is 22.5 Å². The molecule has 4 nitrogen and oxygen atoms in total. The van der Waals surface area contributed by atoms with Crippen LogP contribution in [0.15, 0.2) is 6.20 Å². The van der Waals surface area contributed by atoms with E-state index in [-0.39, 0.29) is 0 Å². The van der Waals surface area contributed by atoms with Gasteiger partial charge in [-0.2, -0.15) is 15.4 Å². The third-order valence-corrected chi connectivity index (χ3v) is 2.32. The molecule has 0 aliphatic heterocycles. The Kier molecular flexibility index (Phi) is 3.63. The molecular formula is C10H20N4. The van der Waals surface area contributed by atoms with Crippen LogP contribution in [0.5, 0.6) is 0 Å². The maximum Gasteiger partial charge on any atom is 0.0993 e. The van der Waals surface area contributed by atoms with Gasteiger partial charge in [-0.05, 0) is 25.3 Å². The summed E-state index contributed by atoms with van der Waals surface area (Å²) in [6.45, 7) is 6.76. The average molecular weight is 196 g/mol. The first-order chi connectivity index (χ1) is 6.53. The van der Waals surface area contributed by atoms with Crippen molar-refractivity contribution in [1.29, 1.82) is 0 Å². The number of hydrogen-bond acceptors (Lipinski definition) is 3. The van der Waals surface area contributed by atoms with Gasteiger partial charge in [-0.3, -0.25) is 0 Å². The Labute approximate surface area is 85.5 Å². The molecule has 0 aromatic carbocycles. The van der Waals surface area contributed by atoms with Gasteiger partial charge in [0.25, 0.3) is 0 Å². The normalized spacial score (nSPS) is 14.3. The molecule has 0 aliphatic rings. The fraction of sp³-hybridized carbons (Fsp3) is 0.800. The second-order valence-electron chi connectivity index (χ2n) is 4.84. The molecule has 1 unspecified atom stereocenters. The van der Waals surface area contributed by atoms with Gasteiger partial charge in [0.1, 0.15) is 0 Å². The topological polar surface area (TPSA) is 53.6 Å². The third kappa shape index (κ3) is 3.46. The SMILES string of the molecule is CNC(CCC(C)(C)C)c1cn[nH]n1. The Morgan fingerprint density at radius 1 is 1.50 bits per heavy atom. The summed E-state index contributed by atoms with van der Waals surface area (Å²) in [4.78, 5) is 0. The average Bonchev–Trinajstić information content (AvgIpc) is 2.56. The summed E-state index contributed by atoms with van der Waals surface area (Å²) in [5.41, 5.74) is 1.37. The van der Waals surface area contributed by atoms with Gasteiger partial charge >= 0.3 is 0 Å². The van der Waals surface area contributed by atoms with E-state index in [0.717, 1.165) is 12.1 Å². The molecular weight excluding hydrogens is 176 g/mol. The summed E-state index contributed by atoms with van der Waals surface area (Å²) in [5.74, 6) is 0. The first-order valence-electron chi connectivity index (χ1n) is 5.06. The van der Waals surface area contributed by atoms with Crippen molar-refractivity contribution in [3.63, 3.8) is 0 Å². The van der Waals surface area contributed by atoms with Crippen molar-refractivity contribution >= 4 is 0 Å². The molecule has 80 valence electrons. The summed E-state index contributed by atoms with van der Waals surface area (Å²) in [6, 6.07) is 0.313. The van der Waals surface area contributed by atoms with Crippen molar-refractivity contribution in [2.24, 2.45) is 5.41 Å². The molecule has 0 radical (unpaired) electrons. The molecule has 0 bridgehead atoms. The summed E-state index contributed by atoms with van der Waals surface area (Å²) in [6.07, 6.45) is 4.04. The maximum atomic E-state index is 4.09. The van der Waals surface area contributed by atoms with Gasteiger partial charge in [0.05, 0.1) is 17.9 Å². The largest absolute Gasteiger partial charge is 0.312 e. The Morgan fingerprint density at radius 3 is 2.64 bits per heavy atom. The van der Waals surface area contributed by atoms with Crippen LogP contribution in [0.2, 0.25) is 0 Å². The predicted octanol–water partition coefficient (Wildman–Crippen LogP) is 1.89. The molecule has 0 saturated carbocycles. The molecule has 1 aromatic heterocycles. The Morgan fingerprint density at radius 2 is 2.21 bits per heavy atom.